The average Bonchev–Trinajstić information content (AvgIpc) is 3.23. The molecule has 5 rings (SSSR count). The van der Waals surface area contributed by atoms with Gasteiger partial charge in [0, 0.05) is 36.8 Å². The van der Waals surface area contributed by atoms with E-state index in [1.807, 2.05) is 12.3 Å². The third kappa shape index (κ3) is 4.78. The van der Waals surface area contributed by atoms with Crippen molar-refractivity contribution in [3.05, 3.63) is 59.1 Å². The maximum Gasteiger partial charge on any atom is 0.159 e. The van der Waals surface area contributed by atoms with Crippen molar-refractivity contribution in [1.29, 1.82) is 5.26 Å². The molecule has 0 atom stereocenters. The Bertz CT molecular complexity index is 1410. The maximum atomic E-state index is 9.70. The minimum Gasteiger partial charge on any atom is -0.321 e. The molecule has 1 aliphatic rings. The Morgan fingerprint density at radius 1 is 1.11 bits per heavy atom. The fraction of sp³-hybridized carbons (Fsp3) is 0.393. The first-order chi connectivity index (χ1) is 16.9. The second-order valence-corrected chi connectivity index (χ2v) is 10.5. The Morgan fingerprint density at radius 2 is 1.91 bits per heavy atom. The van der Waals surface area contributed by atoms with E-state index in [0.29, 0.717) is 28.2 Å². The summed E-state index contributed by atoms with van der Waals surface area (Å²) in [6.07, 6.45) is 10.1. The number of halogens is 1. The lowest BCUT2D eigenvalue weighted by Gasteiger charge is -2.27. The van der Waals surface area contributed by atoms with Gasteiger partial charge in [0.15, 0.2) is 5.82 Å². The molecule has 0 spiro atoms. The summed E-state index contributed by atoms with van der Waals surface area (Å²) in [4.78, 5) is 18.7. The number of nitrogens with zero attached hydrogens (tertiary/aromatic N) is 6. The van der Waals surface area contributed by atoms with Gasteiger partial charge in [-0.3, -0.25) is 9.97 Å². The van der Waals surface area contributed by atoms with Crippen LogP contribution in [0.5, 0.6) is 0 Å². The predicted octanol–water partition coefficient (Wildman–Crippen LogP) is 7.03. The Balaban J connectivity index is 1.75. The number of pyridine rings is 3. The van der Waals surface area contributed by atoms with Crippen molar-refractivity contribution in [2.24, 2.45) is 11.8 Å². The van der Waals surface area contributed by atoms with Crippen LogP contribution < -0.4 is 0 Å². The molecule has 7 heteroatoms. The Kier molecular flexibility index (Phi) is 6.53. The third-order valence-electron chi connectivity index (χ3n) is 7.07. The smallest absolute Gasteiger partial charge is 0.159 e. The molecule has 4 aromatic rings. The molecule has 1 saturated carbocycles. The van der Waals surface area contributed by atoms with E-state index in [4.69, 9.17) is 26.6 Å². The highest BCUT2D eigenvalue weighted by atomic mass is 35.5. The largest absolute Gasteiger partial charge is 0.321 e. The highest BCUT2D eigenvalue weighted by Crippen LogP contribution is 2.36. The first kappa shape index (κ1) is 23.4. The number of fused-ring (bicyclic) bond motifs is 1. The van der Waals surface area contributed by atoms with E-state index in [1.54, 1.807) is 18.5 Å². The molecule has 0 aliphatic heterocycles. The average molecular weight is 485 g/mol. The molecule has 0 bridgehead atoms. The summed E-state index contributed by atoms with van der Waals surface area (Å²) in [5.41, 5.74) is 5.46. The van der Waals surface area contributed by atoms with E-state index in [1.165, 1.54) is 31.2 Å². The van der Waals surface area contributed by atoms with Crippen LogP contribution in [-0.4, -0.2) is 24.5 Å². The van der Waals surface area contributed by atoms with Gasteiger partial charge < -0.3 is 4.57 Å². The van der Waals surface area contributed by atoms with Gasteiger partial charge in [0.25, 0.3) is 0 Å². The van der Waals surface area contributed by atoms with Crippen LogP contribution in [0.15, 0.2) is 42.9 Å². The number of imidazole rings is 1. The molecule has 178 valence electrons. The standard InChI is InChI=1S/C28H29ClN6/c1-17(2)20-8-9-32-25(11-20)28-34-24-12-23(13-30)33-26(21-10-22(29)15-31-14-21)27(24)35(28)16-19-6-4-18(3)5-7-19/h8-12,14-15,17-19H,4-7,16H2,1-3H3/t18-,19-. The van der Waals surface area contributed by atoms with Crippen molar-refractivity contribution in [2.45, 2.75) is 58.9 Å². The molecular weight excluding hydrogens is 456 g/mol. The summed E-state index contributed by atoms with van der Waals surface area (Å²) in [6.45, 7) is 7.53. The van der Waals surface area contributed by atoms with Gasteiger partial charge in [0.1, 0.15) is 17.5 Å². The minimum atomic E-state index is 0.319. The lowest BCUT2D eigenvalue weighted by molar-refractivity contribution is 0.267. The molecule has 0 amide bonds. The van der Waals surface area contributed by atoms with Gasteiger partial charge in [-0.25, -0.2) is 9.97 Å². The Labute approximate surface area is 211 Å². The Hall–Kier alpha value is -3.30. The van der Waals surface area contributed by atoms with Crippen LogP contribution in [0.2, 0.25) is 5.02 Å². The highest BCUT2D eigenvalue weighted by Gasteiger charge is 2.25. The summed E-state index contributed by atoms with van der Waals surface area (Å²) in [6, 6.07) is 9.99. The zero-order chi connectivity index (χ0) is 24.5. The SMILES string of the molecule is CC(C)c1ccnc(-c2nc3cc(C#N)nc(-c4cncc(Cl)c4)c3n2C[C@H]2CC[C@H](C)CC2)c1. The van der Waals surface area contributed by atoms with Crippen molar-refractivity contribution in [2.75, 3.05) is 0 Å². The van der Waals surface area contributed by atoms with Crippen LogP contribution in [0, 0.1) is 23.2 Å². The number of rotatable bonds is 5. The van der Waals surface area contributed by atoms with Crippen LogP contribution >= 0.6 is 11.6 Å². The van der Waals surface area contributed by atoms with E-state index >= 15 is 0 Å². The van der Waals surface area contributed by atoms with Crippen molar-refractivity contribution < 1.29 is 0 Å². The van der Waals surface area contributed by atoms with Gasteiger partial charge >= 0.3 is 0 Å². The van der Waals surface area contributed by atoms with Gasteiger partial charge in [0.2, 0.25) is 0 Å². The van der Waals surface area contributed by atoms with Crippen LogP contribution in [-0.2, 0) is 6.54 Å². The number of hydrogen-bond donors (Lipinski definition) is 0. The molecular formula is C28H29ClN6. The quantitative estimate of drug-likeness (QED) is 0.303. The Morgan fingerprint density at radius 3 is 2.63 bits per heavy atom. The molecule has 0 saturated heterocycles. The van der Waals surface area contributed by atoms with Crippen molar-refractivity contribution in [3.8, 4) is 28.8 Å². The van der Waals surface area contributed by atoms with E-state index < -0.39 is 0 Å². The van der Waals surface area contributed by atoms with Gasteiger partial charge in [-0.1, -0.05) is 45.2 Å². The number of aromatic nitrogens is 5. The fourth-order valence-corrected chi connectivity index (χ4v) is 5.20. The summed E-state index contributed by atoms with van der Waals surface area (Å²) >= 11 is 6.29. The second-order valence-electron chi connectivity index (χ2n) is 10.0. The lowest BCUT2D eigenvalue weighted by atomic mass is 9.83. The van der Waals surface area contributed by atoms with Crippen LogP contribution in [0.1, 0.15) is 63.6 Å². The third-order valence-corrected chi connectivity index (χ3v) is 7.28. The summed E-state index contributed by atoms with van der Waals surface area (Å²) in [5, 5.41) is 10.2. The maximum absolute atomic E-state index is 9.70. The second kappa shape index (κ2) is 9.75. The van der Waals surface area contributed by atoms with E-state index in [9.17, 15) is 5.26 Å². The molecule has 0 aromatic carbocycles. The lowest BCUT2D eigenvalue weighted by Crippen LogP contribution is -2.18. The van der Waals surface area contributed by atoms with Gasteiger partial charge in [-0.05, 0) is 54.4 Å². The zero-order valence-electron chi connectivity index (χ0n) is 20.4. The fourth-order valence-electron chi connectivity index (χ4n) is 5.03. The van der Waals surface area contributed by atoms with Gasteiger partial charge in [-0.15, -0.1) is 0 Å². The first-order valence-corrected chi connectivity index (χ1v) is 12.7. The van der Waals surface area contributed by atoms with E-state index in [2.05, 4.69) is 48.5 Å². The monoisotopic (exact) mass is 484 g/mol. The number of hydrogen-bond acceptors (Lipinski definition) is 5. The molecule has 1 fully saturated rings. The molecule has 0 unspecified atom stereocenters. The molecule has 0 radical (unpaired) electrons. The number of nitriles is 1. The molecule has 0 N–H and O–H groups in total. The summed E-state index contributed by atoms with van der Waals surface area (Å²) < 4.78 is 2.27. The van der Waals surface area contributed by atoms with Gasteiger partial charge in [0.05, 0.1) is 21.7 Å². The molecule has 35 heavy (non-hydrogen) atoms. The van der Waals surface area contributed by atoms with E-state index in [0.717, 1.165) is 40.6 Å². The van der Waals surface area contributed by atoms with Gasteiger partial charge in [-0.2, -0.15) is 5.26 Å². The molecule has 4 heterocycles. The minimum absolute atomic E-state index is 0.319. The first-order valence-electron chi connectivity index (χ1n) is 12.3. The summed E-state index contributed by atoms with van der Waals surface area (Å²) in [5.74, 6) is 2.53. The topological polar surface area (TPSA) is 80.3 Å². The highest BCUT2D eigenvalue weighted by molar-refractivity contribution is 6.30. The van der Waals surface area contributed by atoms with E-state index in [-0.39, 0.29) is 0 Å². The molecule has 4 aromatic heterocycles. The van der Waals surface area contributed by atoms with Crippen molar-refractivity contribution in [3.63, 3.8) is 0 Å². The summed E-state index contributed by atoms with van der Waals surface area (Å²) in [7, 11) is 0. The molecule has 1 aliphatic carbocycles. The van der Waals surface area contributed by atoms with Crippen molar-refractivity contribution in [1.82, 2.24) is 24.5 Å². The normalized spacial score (nSPS) is 18.2. The predicted molar refractivity (Wildman–Crippen MR) is 139 cm³/mol. The van der Waals surface area contributed by atoms with Crippen LogP contribution in [0.3, 0.4) is 0 Å². The molecule has 6 nitrogen and oxygen atoms in total. The van der Waals surface area contributed by atoms with Crippen molar-refractivity contribution >= 4 is 22.6 Å². The van der Waals surface area contributed by atoms with Crippen LogP contribution in [0.4, 0.5) is 0 Å². The van der Waals surface area contributed by atoms with Crippen LogP contribution in [0.25, 0.3) is 33.8 Å². The zero-order valence-corrected chi connectivity index (χ0v) is 21.1.